The number of fused-ring (bicyclic) bond motifs is 2. The second-order valence-corrected chi connectivity index (χ2v) is 14.3. The third kappa shape index (κ3) is 20.4. The second-order valence-electron chi connectivity index (χ2n) is 14.3. The Morgan fingerprint density at radius 1 is 0.458 bits per heavy atom. The van der Waals surface area contributed by atoms with Gasteiger partial charge in [-0.1, -0.05) is 84.9 Å². The molecule has 4 N–H and O–H groups in total. The number of anilines is 2. The number of phenols is 2. The number of benzene rings is 6. The molecule has 0 unspecified atom stereocenters. The van der Waals surface area contributed by atoms with Crippen LogP contribution in [-0.4, -0.2) is 124 Å². The Bertz CT molecular complexity index is 1940. The molecule has 324 valence electrons. The molecule has 0 aliphatic heterocycles. The van der Waals surface area contributed by atoms with E-state index < -0.39 is 0 Å². The van der Waals surface area contributed by atoms with E-state index in [1.54, 1.807) is 48.5 Å². The Morgan fingerprint density at radius 2 is 0.695 bits per heavy atom. The monoisotopic (exact) mass is 919 g/mol. The first-order chi connectivity index (χ1) is 27.7. The fourth-order valence-electron chi connectivity index (χ4n) is 5.06. The van der Waals surface area contributed by atoms with Crippen molar-refractivity contribution >= 4 is 54.8 Å². The topological polar surface area (TPSA) is 112 Å². The number of nitrogens with one attached hydrogen (secondary N) is 2. The molecule has 0 saturated carbocycles. The van der Waals surface area contributed by atoms with Crippen LogP contribution >= 0.6 is 10.1 Å². The number of aromatic hydroxyl groups is 2. The molecule has 59 heavy (non-hydrogen) atoms. The number of halogens is 1. The molecule has 0 aliphatic carbocycles. The zero-order chi connectivity index (χ0) is 43.0. The summed E-state index contributed by atoms with van der Waals surface area (Å²) >= 11 is 3.66. The van der Waals surface area contributed by atoms with Gasteiger partial charge in [-0.25, -0.2) is 0 Å². The first kappa shape index (κ1) is 52.6. The van der Waals surface area contributed by atoms with E-state index in [1.807, 2.05) is 84.9 Å². The molecule has 0 aliphatic rings. The molecule has 0 heterocycles. The first-order valence-corrected chi connectivity index (χ1v) is 19.9. The van der Waals surface area contributed by atoms with Crippen molar-refractivity contribution in [2.45, 2.75) is 0 Å². The predicted octanol–water partition coefficient (Wildman–Crippen LogP) is 8.50. The number of carbonyl (C=O) groups excluding carboxylic acids is 2. The van der Waals surface area contributed by atoms with E-state index >= 15 is 0 Å². The molecule has 0 radical (unpaired) electrons. The molecule has 0 bridgehead atoms. The molecule has 0 saturated heterocycles. The van der Waals surface area contributed by atoms with Gasteiger partial charge in [0.2, 0.25) is 0 Å². The van der Waals surface area contributed by atoms with Crippen molar-refractivity contribution in [3.8, 4) is 11.5 Å². The maximum atomic E-state index is 12.2. The van der Waals surface area contributed by atoms with Gasteiger partial charge in [0, 0.05) is 37.6 Å². The van der Waals surface area contributed by atoms with Gasteiger partial charge in [-0.3, -0.25) is 9.59 Å². The van der Waals surface area contributed by atoms with Crippen LogP contribution in [0, 0.1) is 0 Å². The summed E-state index contributed by atoms with van der Waals surface area (Å²) in [4.78, 5) is 33.1. The molecule has 0 aromatic heterocycles. The van der Waals surface area contributed by atoms with Crippen LogP contribution in [0.15, 0.2) is 133 Å². The second kappa shape index (κ2) is 28.9. The van der Waals surface area contributed by atoms with E-state index in [9.17, 15) is 19.8 Å². The molecule has 6 aromatic carbocycles. The molecule has 6 rings (SSSR count). The largest absolute Gasteiger partial charge is 1.00 e. The van der Waals surface area contributed by atoms with Crippen molar-refractivity contribution in [2.24, 2.45) is 0 Å². The summed E-state index contributed by atoms with van der Waals surface area (Å²) in [5, 5.41) is 29.2. The summed E-state index contributed by atoms with van der Waals surface area (Å²) in [6, 6.07) is 40.1. The number of carbonyl (C=O) groups is 2. The minimum absolute atomic E-state index is 0. The van der Waals surface area contributed by atoms with Crippen LogP contribution in [0.1, 0.15) is 20.7 Å². The molecule has 0 fully saturated rings. The normalized spacial score (nSPS) is 10.2. The minimum Gasteiger partial charge on any atom is 1.00 e. The van der Waals surface area contributed by atoms with Gasteiger partial charge in [0.25, 0.3) is 11.8 Å². The van der Waals surface area contributed by atoms with Gasteiger partial charge in [-0.15, -0.1) is 0 Å². The summed E-state index contributed by atoms with van der Waals surface area (Å²) in [5.74, 6) is -0.673. The number of nitrogens with zero attached hydrogens (tertiary/aromatic N) is 4. The van der Waals surface area contributed by atoms with Crippen LogP contribution in [0.3, 0.4) is 0 Å². The van der Waals surface area contributed by atoms with Crippen molar-refractivity contribution in [3.63, 3.8) is 0 Å². The SMILES string of the molecule is CN(C)CCN(C)C.CN(C)CCN(C)C.O=C(Nc1ccccc1)c1cc2ccccc2cc1O.O=C(Nc1ccccc1)c1cc2ccccc2cc1O.[Cl][Cu].[Cu+]. The van der Waals surface area contributed by atoms with Gasteiger partial charge in [-0.05, 0) is 126 Å². The Morgan fingerprint density at radius 3 is 0.949 bits per heavy atom. The number of para-hydroxylation sites is 2. The third-order valence-corrected chi connectivity index (χ3v) is 8.27. The molecule has 2 amide bonds. The predicted molar refractivity (Wildman–Crippen MR) is 240 cm³/mol. The Kier molecular flexibility index (Phi) is 25.7. The molecule has 13 heteroatoms. The van der Waals surface area contributed by atoms with Crippen LogP contribution in [0.2, 0.25) is 0 Å². The summed E-state index contributed by atoms with van der Waals surface area (Å²) in [6.07, 6.45) is 0. The first-order valence-electron chi connectivity index (χ1n) is 18.6. The Balaban J connectivity index is 0.000000419. The average Bonchev–Trinajstić information content (AvgIpc) is 3.21. The number of likely N-dealkylation sites (N-methyl/N-ethyl adjacent to an activating group) is 4. The zero-order valence-corrected chi connectivity index (χ0v) is 37.7. The van der Waals surface area contributed by atoms with Crippen molar-refractivity contribution in [1.29, 1.82) is 0 Å². The van der Waals surface area contributed by atoms with Crippen molar-refractivity contribution in [2.75, 3.05) is 93.2 Å². The van der Waals surface area contributed by atoms with Crippen molar-refractivity contribution < 1.29 is 52.0 Å². The maximum Gasteiger partial charge on any atom is 1.00 e. The van der Waals surface area contributed by atoms with E-state index in [4.69, 9.17) is 0 Å². The average molecular weight is 922 g/mol. The van der Waals surface area contributed by atoms with Crippen molar-refractivity contribution in [1.82, 2.24) is 19.6 Å². The number of hydrogen-bond acceptors (Lipinski definition) is 8. The smallest absolute Gasteiger partial charge is 1.00 e. The van der Waals surface area contributed by atoms with Crippen LogP contribution in [0.5, 0.6) is 11.5 Å². The van der Waals surface area contributed by atoms with E-state index in [0.717, 1.165) is 47.7 Å². The van der Waals surface area contributed by atoms with Gasteiger partial charge in [0.1, 0.15) is 11.5 Å². The summed E-state index contributed by atoms with van der Waals surface area (Å²) in [7, 11) is 20.9. The third-order valence-electron chi connectivity index (χ3n) is 8.27. The van der Waals surface area contributed by atoms with Crippen LogP contribution in [0.25, 0.3) is 21.5 Å². The summed E-state index contributed by atoms with van der Waals surface area (Å²) in [5.41, 5.74) is 1.94. The number of hydrogen-bond donors (Lipinski definition) is 4. The van der Waals surface area contributed by atoms with E-state index in [2.05, 4.69) is 112 Å². The summed E-state index contributed by atoms with van der Waals surface area (Å²) in [6.45, 7) is 4.58. The molecule has 0 spiro atoms. The van der Waals surface area contributed by atoms with Gasteiger partial charge >= 0.3 is 42.3 Å². The minimum atomic E-state index is -0.320. The van der Waals surface area contributed by atoms with E-state index in [1.165, 1.54) is 0 Å². The Labute approximate surface area is 373 Å². The fourth-order valence-corrected chi connectivity index (χ4v) is 5.06. The van der Waals surface area contributed by atoms with Gasteiger partial charge in [0.15, 0.2) is 0 Å². The van der Waals surface area contributed by atoms with Crippen molar-refractivity contribution in [3.05, 3.63) is 145 Å². The zero-order valence-electron chi connectivity index (χ0n) is 35.0. The van der Waals surface area contributed by atoms with E-state index in [0.29, 0.717) is 11.4 Å². The van der Waals surface area contributed by atoms with Crippen LogP contribution in [0.4, 0.5) is 11.4 Å². The van der Waals surface area contributed by atoms with E-state index in [-0.39, 0.29) is 51.5 Å². The van der Waals surface area contributed by atoms with Gasteiger partial charge in [0.05, 0.1) is 11.1 Å². The molecule has 10 nitrogen and oxygen atoms in total. The standard InChI is InChI=1S/2C17H13NO2.2C6H16N2.ClH.2Cu/c2*19-16-11-13-7-5-4-6-12(13)10-15(16)17(20)18-14-8-2-1-3-9-14;2*1-7(2)5-6-8(3)4;;;/h2*1-11,19H,(H,18,20);2*5-6H2,1-4H3;1H;;/q;;;;;2*+1/p-1. The number of amides is 2. The quantitative estimate of drug-likeness (QED) is 0.101. The molecular formula is C46H58ClCu2N6O4+. The van der Waals surface area contributed by atoms with Gasteiger partial charge < -0.3 is 40.4 Å². The summed E-state index contributed by atoms with van der Waals surface area (Å²) < 4.78 is 0. The number of phenolic OH excluding ortho intramolecular Hbond substituents is 2. The molecule has 6 aromatic rings. The number of rotatable bonds is 10. The fraction of sp³-hybridized carbons (Fsp3) is 0.261. The van der Waals surface area contributed by atoms with Crippen LogP contribution < -0.4 is 10.6 Å². The molecule has 0 atom stereocenters. The van der Waals surface area contributed by atoms with Gasteiger partial charge in [-0.2, -0.15) is 0 Å². The molecular weight excluding hydrogens is 863 g/mol. The van der Waals surface area contributed by atoms with Crippen LogP contribution in [-0.2, 0) is 32.2 Å². The Hall–Kier alpha value is -4.45. The maximum absolute atomic E-state index is 12.2.